The number of hydrogen-bond donors (Lipinski definition) is 2. The van der Waals surface area contributed by atoms with Gasteiger partial charge in [-0.05, 0) is 56.4 Å². The Bertz CT molecular complexity index is 566. The molecule has 24 heavy (non-hydrogen) atoms. The molecular weight excluding hydrogens is 304 g/mol. The second-order valence-electron chi connectivity index (χ2n) is 6.74. The number of benzene rings is 1. The number of ketones is 1. The Morgan fingerprint density at radius 2 is 1.92 bits per heavy atom. The number of ether oxygens (including phenoxy) is 1. The summed E-state index contributed by atoms with van der Waals surface area (Å²) in [6, 6.07) is 7.09. The standard InChI is InChI=1S/C19H28N2O3/c1-3-12-24-16-8-4-14(5-9-16)17(22)10-11-18(23)21-19(2,13-20)15-6-7-15/h4-5,8-9,15H,3,6-7,10-13,20H2,1-2H3,(H,21,23). The molecule has 5 nitrogen and oxygen atoms in total. The predicted octanol–water partition coefficient (Wildman–Crippen LogP) is 2.68. The van der Waals surface area contributed by atoms with E-state index in [4.69, 9.17) is 10.5 Å². The Morgan fingerprint density at radius 1 is 1.25 bits per heavy atom. The zero-order chi connectivity index (χ0) is 17.6. The molecule has 1 aliphatic carbocycles. The van der Waals surface area contributed by atoms with E-state index in [9.17, 15) is 9.59 Å². The molecule has 1 fully saturated rings. The molecule has 0 spiro atoms. The highest BCUT2D eigenvalue weighted by Crippen LogP contribution is 2.39. The molecule has 0 saturated heterocycles. The highest BCUT2D eigenvalue weighted by Gasteiger charge is 2.41. The first-order valence-electron chi connectivity index (χ1n) is 8.75. The molecule has 1 amide bonds. The van der Waals surface area contributed by atoms with E-state index in [1.54, 1.807) is 24.3 Å². The van der Waals surface area contributed by atoms with Crippen molar-refractivity contribution in [1.82, 2.24) is 5.32 Å². The highest BCUT2D eigenvalue weighted by molar-refractivity contribution is 5.98. The lowest BCUT2D eigenvalue weighted by molar-refractivity contribution is -0.123. The van der Waals surface area contributed by atoms with Crippen molar-refractivity contribution in [2.45, 2.75) is 51.5 Å². The lowest BCUT2D eigenvalue weighted by atomic mass is 9.95. The van der Waals surface area contributed by atoms with E-state index in [1.165, 1.54) is 0 Å². The molecule has 132 valence electrons. The summed E-state index contributed by atoms with van der Waals surface area (Å²) >= 11 is 0. The van der Waals surface area contributed by atoms with Gasteiger partial charge < -0.3 is 15.8 Å². The average molecular weight is 332 g/mol. The van der Waals surface area contributed by atoms with Crippen LogP contribution in [0.5, 0.6) is 5.75 Å². The van der Waals surface area contributed by atoms with Crippen LogP contribution in [-0.2, 0) is 4.79 Å². The maximum atomic E-state index is 12.2. The minimum Gasteiger partial charge on any atom is -0.494 e. The molecule has 3 N–H and O–H groups in total. The first-order chi connectivity index (χ1) is 11.5. The van der Waals surface area contributed by atoms with E-state index >= 15 is 0 Å². The van der Waals surface area contributed by atoms with Gasteiger partial charge in [-0.2, -0.15) is 0 Å². The third-order valence-electron chi connectivity index (χ3n) is 4.56. The van der Waals surface area contributed by atoms with Crippen LogP contribution < -0.4 is 15.8 Å². The van der Waals surface area contributed by atoms with Crippen LogP contribution in [0, 0.1) is 5.92 Å². The van der Waals surface area contributed by atoms with Gasteiger partial charge in [-0.15, -0.1) is 0 Å². The summed E-state index contributed by atoms with van der Waals surface area (Å²) in [5.41, 5.74) is 6.07. The molecule has 0 aromatic heterocycles. The first-order valence-corrected chi connectivity index (χ1v) is 8.75. The second-order valence-corrected chi connectivity index (χ2v) is 6.74. The van der Waals surface area contributed by atoms with Gasteiger partial charge in [0.25, 0.3) is 0 Å². The maximum absolute atomic E-state index is 12.2. The van der Waals surface area contributed by atoms with Gasteiger partial charge in [0.15, 0.2) is 5.78 Å². The zero-order valence-corrected chi connectivity index (χ0v) is 14.6. The maximum Gasteiger partial charge on any atom is 0.220 e. The summed E-state index contributed by atoms with van der Waals surface area (Å²) in [5, 5.41) is 3.01. The minimum atomic E-state index is -0.335. The number of amides is 1. The number of rotatable bonds is 10. The van der Waals surface area contributed by atoms with Crippen molar-refractivity contribution in [3.05, 3.63) is 29.8 Å². The first kappa shape index (κ1) is 18.5. The lowest BCUT2D eigenvalue weighted by Crippen LogP contribution is -2.53. The predicted molar refractivity (Wildman–Crippen MR) is 94.1 cm³/mol. The molecule has 1 unspecified atom stereocenters. The molecular formula is C19H28N2O3. The van der Waals surface area contributed by atoms with Crippen LogP contribution in [0.2, 0.25) is 0 Å². The summed E-state index contributed by atoms with van der Waals surface area (Å²) < 4.78 is 5.50. The summed E-state index contributed by atoms with van der Waals surface area (Å²) in [4.78, 5) is 24.3. The third-order valence-corrected chi connectivity index (χ3v) is 4.56. The Hall–Kier alpha value is -1.88. The number of Topliss-reactive ketones (excluding diaryl/α,β-unsaturated/α-hetero) is 1. The van der Waals surface area contributed by atoms with E-state index in [0.717, 1.165) is 25.0 Å². The van der Waals surface area contributed by atoms with E-state index < -0.39 is 0 Å². The topological polar surface area (TPSA) is 81.4 Å². The summed E-state index contributed by atoms with van der Waals surface area (Å²) in [5.74, 6) is 1.09. The number of hydrogen-bond acceptors (Lipinski definition) is 4. The van der Waals surface area contributed by atoms with Gasteiger partial charge in [0.1, 0.15) is 5.75 Å². The van der Waals surface area contributed by atoms with Crippen molar-refractivity contribution >= 4 is 11.7 Å². The number of nitrogens with two attached hydrogens (primary N) is 1. The van der Waals surface area contributed by atoms with Crippen LogP contribution in [0.1, 0.15) is 56.3 Å². The van der Waals surface area contributed by atoms with E-state index in [1.807, 2.05) is 13.8 Å². The Balaban J connectivity index is 1.80. The van der Waals surface area contributed by atoms with Gasteiger partial charge in [0.2, 0.25) is 5.91 Å². The van der Waals surface area contributed by atoms with Crippen molar-refractivity contribution in [1.29, 1.82) is 0 Å². The van der Waals surface area contributed by atoms with Gasteiger partial charge in [0, 0.05) is 24.9 Å². The molecule has 1 saturated carbocycles. The van der Waals surface area contributed by atoms with Crippen LogP contribution in [0.4, 0.5) is 0 Å². The number of nitrogens with one attached hydrogen (secondary N) is 1. The van der Waals surface area contributed by atoms with E-state index in [0.29, 0.717) is 24.6 Å². The lowest BCUT2D eigenvalue weighted by Gasteiger charge is -2.29. The van der Waals surface area contributed by atoms with Crippen molar-refractivity contribution in [3.63, 3.8) is 0 Å². The largest absolute Gasteiger partial charge is 0.494 e. The minimum absolute atomic E-state index is 0.0342. The normalized spacial score (nSPS) is 16.3. The molecule has 1 aromatic rings. The SMILES string of the molecule is CCCOc1ccc(C(=O)CCC(=O)NC(C)(CN)C2CC2)cc1. The van der Waals surface area contributed by atoms with Gasteiger partial charge in [-0.1, -0.05) is 6.92 Å². The van der Waals surface area contributed by atoms with Crippen LogP contribution >= 0.6 is 0 Å². The molecule has 1 atom stereocenters. The molecule has 0 heterocycles. The van der Waals surface area contributed by atoms with Crippen LogP contribution in [-0.4, -0.2) is 30.4 Å². The second kappa shape index (κ2) is 8.29. The Kier molecular flexibility index (Phi) is 6.37. The van der Waals surface area contributed by atoms with Crippen LogP contribution in [0.3, 0.4) is 0 Å². The van der Waals surface area contributed by atoms with Gasteiger partial charge in [-0.3, -0.25) is 9.59 Å². The monoisotopic (exact) mass is 332 g/mol. The van der Waals surface area contributed by atoms with Crippen molar-refractivity contribution in [2.75, 3.05) is 13.2 Å². The van der Waals surface area contributed by atoms with Crippen LogP contribution in [0.25, 0.3) is 0 Å². The number of carbonyl (C=O) groups is 2. The summed E-state index contributed by atoms with van der Waals surface area (Å²) in [7, 11) is 0. The Labute approximate surface area is 143 Å². The van der Waals surface area contributed by atoms with Crippen LogP contribution in [0.15, 0.2) is 24.3 Å². The van der Waals surface area contributed by atoms with Crippen molar-refractivity contribution in [2.24, 2.45) is 11.7 Å². The molecule has 2 rings (SSSR count). The van der Waals surface area contributed by atoms with Crippen molar-refractivity contribution in [3.8, 4) is 5.75 Å². The Morgan fingerprint density at radius 3 is 2.46 bits per heavy atom. The quantitative estimate of drug-likeness (QED) is 0.646. The average Bonchev–Trinajstić information content (AvgIpc) is 3.43. The molecule has 1 aliphatic rings. The molecule has 1 aromatic carbocycles. The van der Waals surface area contributed by atoms with E-state index in [2.05, 4.69) is 5.32 Å². The highest BCUT2D eigenvalue weighted by atomic mass is 16.5. The zero-order valence-electron chi connectivity index (χ0n) is 14.6. The third kappa shape index (κ3) is 5.06. The fraction of sp³-hybridized carbons (Fsp3) is 0.579. The number of carbonyl (C=O) groups excluding carboxylic acids is 2. The summed E-state index contributed by atoms with van der Waals surface area (Å²) in [6.07, 6.45) is 3.55. The molecule has 0 bridgehead atoms. The van der Waals surface area contributed by atoms with Crippen molar-refractivity contribution < 1.29 is 14.3 Å². The van der Waals surface area contributed by atoms with Gasteiger partial charge in [0.05, 0.1) is 12.1 Å². The van der Waals surface area contributed by atoms with E-state index in [-0.39, 0.29) is 30.1 Å². The molecule has 5 heteroatoms. The molecule has 0 aliphatic heterocycles. The fourth-order valence-electron chi connectivity index (χ4n) is 2.75. The van der Waals surface area contributed by atoms with Gasteiger partial charge in [-0.25, -0.2) is 0 Å². The fourth-order valence-corrected chi connectivity index (χ4v) is 2.75. The summed E-state index contributed by atoms with van der Waals surface area (Å²) in [6.45, 7) is 5.12. The molecule has 0 radical (unpaired) electrons. The smallest absolute Gasteiger partial charge is 0.220 e. The van der Waals surface area contributed by atoms with Gasteiger partial charge >= 0.3 is 0 Å².